The van der Waals surface area contributed by atoms with Gasteiger partial charge in [0.25, 0.3) is 0 Å². The Balaban J connectivity index is 2.03. The molecule has 74 valence electrons. The smallest absolute Gasteiger partial charge is 0.236 e. The minimum atomic E-state index is 0.0812. The Kier molecular flexibility index (Phi) is 2.17. The molecule has 0 spiro atoms. The van der Waals surface area contributed by atoms with Crippen molar-refractivity contribution in [3.05, 3.63) is 0 Å². The largest absolute Gasteiger partial charge is 0.338 e. The third kappa shape index (κ3) is 1.63. The van der Waals surface area contributed by atoms with Crippen molar-refractivity contribution in [1.29, 1.82) is 0 Å². The van der Waals surface area contributed by atoms with E-state index in [1.165, 1.54) is 6.42 Å². The molecule has 2 atom stereocenters. The number of likely N-dealkylation sites (tertiary alicyclic amines) is 1. The highest BCUT2D eigenvalue weighted by molar-refractivity contribution is 9.10. The van der Waals surface area contributed by atoms with Gasteiger partial charge < -0.3 is 4.90 Å². The van der Waals surface area contributed by atoms with E-state index in [0.29, 0.717) is 17.4 Å². The third-order valence-corrected chi connectivity index (χ3v) is 4.09. The Morgan fingerprint density at radius 2 is 2.15 bits per heavy atom. The van der Waals surface area contributed by atoms with Crippen molar-refractivity contribution in [2.45, 2.75) is 44.0 Å². The van der Waals surface area contributed by atoms with Crippen molar-refractivity contribution in [2.24, 2.45) is 5.41 Å². The number of rotatable bonds is 1. The summed E-state index contributed by atoms with van der Waals surface area (Å²) in [6, 6.07) is 0.514. The molecule has 0 aromatic rings. The van der Waals surface area contributed by atoms with Crippen LogP contribution >= 0.6 is 15.9 Å². The number of amides is 1. The van der Waals surface area contributed by atoms with E-state index in [9.17, 15) is 4.79 Å². The predicted molar refractivity (Wildman–Crippen MR) is 55.8 cm³/mol. The lowest BCUT2D eigenvalue weighted by molar-refractivity contribution is -0.133. The Morgan fingerprint density at radius 1 is 1.54 bits per heavy atom. The van der Waals surface area contributed by atoms with Crippen LogP contribution in [0.25, 0.3) is 0 Å². The lowest BCUT2D eigenvalue weighted by Gasteiger charge is -2.31. The summed E-state index contributed by atoms with van der Waals surface area (Å²) >= 11 is 3.44. The van der Waals surface area contributed by atoms with Gasteiger partial charge in [-0.1, -0.05) is 29.8 Å². The predicted octanol–water partition coefficient (Wildman–Crippen LogP) is 2.17. The average molecular weight is 246 g/mol. The van der Waals surface area contributed by atoms with E-state index in [-0.39, 0.29) is 4.83 Å². The minimum Gasteiger partial charge on any atom is -0.338 e. The highest BCUT2D eigenvalue weighted by Crippen LogP contribution is 2.49. The zero-order valence-corrected chi connectivity index (χ0v) is 9.80. The summed E-state index contributed by atoms with van der Waals surface area (Å²) in [6.07, 6.45) is 3.33. The van der Waals surface area contributed by atoms with Gasteiger partial charge in [0, 0.05) is 12.6 Å². The molecule has 0 bridgehead atoms. The molecule has 0 radical (unpaired) electrons. The molecule has 2 unspecified atom stereocenters. The van der Waals surface area contributed by atoms with Gasteiger partial charge in [0.05, 0.1) is 4.83 Å². The number of hydrogen-bond acceptors (Lipinski definition) is 1. The maximum atomic E-state index is 11.8. The summed E-state index contributed by atoms with van der Waals surface area (Å²) in [5.74, 6) is 0.307. The van der Waals surface area contributed by atoms with Crippen LogP contribution in [-0.4, -0.2) is 28.2 Å². The molecule has 2 nitrogen and oxygen atoms in total. The molecule has 1 amide bonds. The quantitative estimate of drug-likeness (QED) is 0.649. The van der Waals surface area contributed by atoms with E-state index in [0.717, 1.165) is 19.4 Å². The van der Waals surface area contributed by atoms with Crippen LogP contribution in [0.5, 0.6) is 0 Å². The Bertz CT molecular complexity index is 239. The first-order valence-corrected chi connectivity index (χ1v) is 5.88. The second-order valence-electron chi connectivity index (χ2n) is 4.85. The van der Waals surface area contributed by atoms with Crippen LogP contribution in [0.15, 0.2) is 0 Å². The molecule has 0 N–H and O–H groups in total. The molecule has 1 aliphatic heterocycles. The molecule has 0 aromatic carbocycles. The zero-order valence-electron chi connectivity index (χ0n) is 8.22. The SMILES string of the molecule is CC1(C)CC1N1CCCC(Br)C1=O. The van der Waals surface area contributed by atoms with Gasteiger partial charge in [-0.3, -0.25) is 4.79 Å². The highest BCUT2D eigenvalue weighted by Gasteiger charge is 2.52. The first kappa shape index (κ1) is 9.50. The summed E-state index contributed by atoms with van der Waals surface area (Å²) in [5.41, 5.74) is 0.375. The molecule has 1 heterocycles. The van der Waals surface area contributed by atoms with Crippen LogP contribution in [0.3, 0.4) is 0 Å². The van der Waals surface area contributed by atoms with Gasteiger partial charge >= 0.3 is 0 Å². The normalized spacial score (nSPS) is 37.8. The second-order valence-corrected chi connectivity index (χ2v) is 5.96. The number of piperidine rings is 1. The lowest BCUT2D eigenvalue weighted by Crippen LogP contribution is -2.44. The average Bonchev–Trinajstić information content (AvgIpc) is 2.66. The number of carbonyl (C=O) groups excluding carboxylic acids is 1. The fourth-order valence-corrected chi connectivity index (χ4v) is 2.72. The van der Waals surface area contributed by atoms with Crippen LogP contribution in [0, 0.1) is 5.41 Å². The molecule has 1 saturated heterocycles. The van der Waals surface area contributed by atoms with Crippen molar-refractivity contribution in [3.63, 3.8) is 0 Å². The van der Waals surface area contributed by atoms with Gasteiger partial charge in [0.2, 0.25) is 5.91 Å². The third-order valence-electron chi connectivity index (χ3n) is 3.25. The van der Waals surface area contributed by atoms with Gasteiger partial charge in [-0.15, -0.1) is 0 Å². The highest BCUT2D eigenvalue weighted by atomic mass is 79.9. The van der Waals surface area contributed by atoms with E-state index in [4.69, 9.17) is 0 Å². The van der Waals surface area contributed by atoms with Crippen molar-refractivity contribution < 1.29 is 4.79 Å². The fourth-order valence-electron chi connectivity index (χ4n) is 2.14. The first-order valence-electron chi connectivity index (χ1n) is 4.97. The molecule has 2 fully saturated rings. The summed E-state index contributed by atoms with van der Waals surface area (Å²) in [6.45, 7) is 5.45. The topological polar surface area (TPSA) is 20.3 Å². The molecule has 3 heteroatoms. The second kappa shape index (κ2) is 2.97. The van der Waals surface area contributed by atoms with Crippen LogP contribution in [0.2, 0.25) is 0 Å². The molecule has 13 heavy (non-hydrogen) atoms. The number of halogens is 1. The van der Waals surface area contributed by atoms with Gasteiger partial charge in [0.1, 0.15) is 0 Å². The number of hydrogen-bond donors (Lipinski definition) is 0. The lowest BCUT2D eigenvalue weighted by atomic mass is 10.1. The first-order chi connectivity index (χ1) is 6.02. The van der Waals surface area contributed by atoms with Gasteiger partial charge in [-0.2, -0.15) is 0 Å². The van der Waals surface area contributed by atoms with Crippen molar-refractivity contribution in [3.8, 4) is 0 Å². The Morgan fingerprint density at radius 3 is 2.69 bits per heavy atom. The number of nitrogens with zero attached hydrogens (tertiary/aromatic N) is 1. The molecule has 2 aliphatic rings. The summed E-state index contributed by atoms with van der Waals surface area (Å²) in [7, 11) is 0. The molecule has 1 saturated carbocycles. The monoisotopic (exact) mass is 245 g/mol. The van der Waals surface area contributed by atoms with Crippen molar-refractivity contribution in [1.82, 2.24) is 4.90 Å². The molecule has 1 aliphatic carbocycles. The standard InChI is InChI=1S/C10H16BrNO/c1-10(2)6-8(10)12-5-3-4-7(11)9(12)13/h7-8H,3-6H2,1-2H3. The van der Waals surface area contributed by atoms with E-state index in [1.807, 2.05) is 0 Å². The minimum absolute atomic E-state index is 0.0812. The summed E-state index contributed by atoms with van der Waals surface area (Å²) < 4.78 is 0. The van der Waals surface area contributed by atoms with Gasteiger partial charge in [-0.25, -0.2) is 0 Å². The Labute approximate surface area is 87.8 Å². The van der Waals surface area contributed by atoms with E-state index < -0.39 is 0 Å². The van der Waals surface area contributed by atoms with Crippen molar-refractivity contribution >= 4 is 21.8 Å². The van der Waals surface area contributed by atoms with Crippen LogP contribution in [-0.2, 0) is 4.79 Å². The van der Waals surface area contributed by atoms with E-state index in [1.54, 1.807) is 0 Å². The van der Waals surface area contributed by atoms with Crippen LogP contribution in [0.4, 0.5) is 0 Å². The maximum Gasteiger partial charge on any atom is 0.236 e. The van der Waals surface area contributed by atoms with Crippen molar-refractivity contribution in [2.75, 3.05) is 6.54 Å². The van der Waals surface area contributed by atoms with E-state index >= 15 is 0 Å². The zero-order chi connectivity index (χ0) is 9.64. The van der Waals surface area contributed by atoms with Crippen LogP contribution in [0.1, 0.15) is 33.1 Å². The van der Waals surface area contributed by atoms with Crippen LogP contribution < -0.4 is 0 Å². The number of alkyl halides is 1. The Hall–Kier alpha value is -0.0500. The molecular weight excluding hydrogens is 230 g/mol. The molecule has 2 rings (SSSR count). The fraction of sp³-hybridized carbons (Fsp3) is 0.900. The number of carbonyl (C=O) groups is 1. The van der Waals surface area contributed by atoms with Gasteiger partial charge in [-0.05, 0) is 24.7 Å². The summed E-state index contributed by atoms with van der Waals surface area (Å²) in [4.78, 5) is 13.9. The molecule has 0 aromatic heterocycles. The molecular formula is C10H16BrNO. The van der Waals surface area contributed by atoms with Gasteiger partial charge in [0.15, 0.2) is 0 Å². The summed E-state index contributed by atoms with van der Waals surface area (Å²) in [5, 5.41) is 0. The van der Waals surface area contributed by atoms with E-state index in [2.05, 4.69) is 34.7 Å². The maximum absolute atomic E-state index is 11.8.